The van der Waals surface area contributed by atoms with Crippen LogP contribution in [0.3, 0.4) is 0 Å². The van der Waals surface area contributed by atoms with E-state index in [4.69, 9.17) is 5.73 Å². The molecule has 0 spiro atoms. The summed E-state index contributed by atoms with van der Waals surface area (Å²) in [4.78, 5) is 0. The summed E-state index contributed by atoms with van der Waals surface area (Å²) in [5.74, 6) is 0.832. The molecule has 0 bridgehead atoms. The molecule has 1 aliphatic rings. The highest BCUT2D eigenvalue weighted by Crippen LogP contribution is 2.37. The molecule has 0 aliphatic heterocycles. The minimum atomic E-state index is 0.533. The fourth-order valence-corrected chi connectivity index (χ4v) is 2.31. The fourth-order valence-electron chi connectivity index (χ4n) is 2.31. The van der Waals surface area contributed by atoms with Crippen molar-refractivity contribution in [2.75, 3.05) is 7.05 Å². The zero-order valence-corrected chi connectivity index (χ0v) is 9.37. The molecule has 2 rings (SSSR count). The Labute approximate surface area is 91.9 Å². The molecule has 1 aromatic carbocycles. The van der Waals surface area contributed by atoms with E-state index in [0.717, 1.165) is 5.92 Å². The summed E-state index contributed by atoms with van der Waals surface area (Å²) in [6, 6.07) is 9.23. The molecule has 1 fully saturated rings. The SMILES string of the molecule is CNC(c1ccc(CN)cc1)C1CCC1. The largest absolute Gasteiger partial charge is 0.326 e. The molecule has 1 aliphatic carbocycles. The Kier molecular flexibility index (Phi) is 3.39. The summed E-state index contributed by atoms with van der Waals surface area (Å²) < 4.78 is 0. The van der Waals surface area contributed by atoms with Crippen molar-refractivity contribution < 1.29 is 0 Å². The Hall–Kier alpha value is -0.860. The van der Waals surface area contributed by atoms with Crippen molar-refractivity contribution in [3.63, 3.8) is 0 Å². The Morgan fingerprint density at radius 1 is 1.33 bits per heavy atom. The third-order valence-electron chi connectivity index (χ3n) is 3.51. The molecular formula is C13H20N2. The number of nitrogens with one attached hydrogen (secondary N) is 1. The van der Waals surface area contributed by atoms with Crippen LogP contribution in [0.5, 0.6) is 0 Å². The van der Waals surface area contributed by atoms with E-state index in [-0.39, 0.29) is 0 Å². The topological polar surface area (TPSA) is 38.0 Å². The molecule has 2 nitrogen and oxygen atoms in total. The molecule has 0 aromatic heterocycles. The zero-order valence-electron chi connectivity index (χ0n) is 9.37. The summed E-state index contributed by atoms with van der Waals surface area (Å²) in [5.41, 5.74) is 8.20. The van der Waals surface area contributed by atoms with Crippen LogP contribution in [0.15, 0.2) is 24.3 Å². The van der Waals surface area contributed by atoms with Gasteiger partial charge in [0.15, 0.2) is 0 Å². The van der Waals surface area contributed by atoms with E-state index < -0.39 is 0 Å². The minimum Gasteiger partial charge on any atom is -0.326 e. The first-order valence-corrected chi connectivity index (χ1v) is 5.81. The first-order chi connectivity index (χ1) is 7.35. The molecule has 3 N–H and O–H groups in total. The number of benzene rings is 1. The van der Waals surface area contributed by atoms with E-state index in [2.05, 4.69) is 36.6 Å². The average Bonchev–Trinajstić information content (AvgIpc) is 2.23. The maximum atomic E-state index is 5.59. The lowest BCUT2D eigenvalue weighted by molar-refractivity contribution is 0.239. The summed E-state index contributed by atoms with van der Waals surface area (Å²) in [6.45, 7) is 0.633. The van der Waals surface area contributed by atoms with Gasteiger partial charge in [0.1, 0.15) is 0 Å². The predicted molar refractivity (Wildman–Crippen MR) is 63.5 cm³/mol. The van der Waals surface area contributed by atoms with E-state index in [1.165, 1.54) is 30.4 Å². The van der Waals surface area contributed by atoms with Crippen LogP contribution < -0.4 is 11.1 Å². The number of nitrogens with two attached hydrogens (primary N) is 1. The quantitative estimate of drug-likeness (QED) is 0.789. The van der Waals surface area contributed by atoms with Gasteiger partial charge in [0, 0.05) is 12.6 Å². The van der Waals surface area contributed by atoms with Crippen molar-refractivity contribution >= 4 is 0 Å². The van der Waals surface area contributed by atoms with Gasteiger partial charge in [0.25, 0.3) is 0 Å². The Bertz CT molecular complexity index is 301. The van der Waals surface area contributed by atoms with Gasteiger partial charge in [0.2, 0.25) is 0 Å². The maximum absolute atomic E-state index is 5.59. The molecule has 0 radical (unpaired) electrons. The van der Waals surface area contributed by atoms with Gasteiger partial charge in [0.05, 0.1) is 0 Å². The summed E-state index contributed by atoms with van der Waals surface area (Å²) in [6.07, 6.45) is 4.12. The van der Waals surface area contributed by atoms with Crippen LogP contribution in [0, 0.1) is 5.92 Å². The Morgan fingerprint density at radius 3 is 2.40 bits per heavy atom. The molecule has 1 saturated carbocycles. The van der Waals surface area contributed by atoms with Crippen LogP contribution in [-0.4, -0.2) is 7.05 Å². The van der Waals surface area contributed by atoms with Gasteiger partial charge in [-0.25, -0.2) is 0 Å². The zero-order chi connectivity index (χ0) is 10.7. The fraction of sp³-hybridized carbons (Fsp3) is 0.538. The standard InChI is InChI=1S/C13H20N2/c1-15-13(11-3-2-4-11)12-7-5-10(9-14)6-8-12/h5-8,11,13,15H,2-4,9,14H2,1H3. The first-order valence-electron chi connectivity index (χ1n) is 5.81. The number of hydrogen-bond acceptors (Lipinski definition) is 2. The highest BCUT2D eigenvalue weighted by atomic mass is 14.9. The predicted octanol–water partition coefficient (Wildman–Crippen LogP) is 2.21. The highest BCUT2D eigenvalue weighted by molar-refractivity contribution is 5.25. The molecule has 2 heteroatoms. The first kappa shape index (κ1) is 10.7. The monoisotopic (exact) mass is 204 g/mol. The van der Waals surface area contributed by atoms with Crippen molar-refractivity contribution in [1.82, 2.24) is 5.32 Å². The third-order valence-corrected chi connectivity index (χ3v) is 3.51. The number of hydrogen-bond donors (Lipinski definition) is 2. The highest BCUT2D eigenvalue weighted by Gasteiger charge is 2.26. The number of rotatable bonds is 4. The summed E-state index contributed by atoms with van der Waals surface area (Å²) in [5, 5.41) is 3.43. The molecular weight excluding hydrogens is 184 g/mol. The normalized spacial score (nSPS) is 18.5. The van der Waals surface area contributed by atoms with E-state index in [9.17, 15) is 0 Å². The van der Waals surface area contributed by atoms with Crippen molar-refractivity contribution in [2.45, 2.75) is 31.8 Å². The molecule has 15 heavy (non-hydrogen) atoms. The lowest BCUT2D eigenvalue weighted by atomic mass is 9.77. The molecule has 1 unspecified atom stereocenters. The van der Waals surface area contributed by atoms with Crippen molar-refractivity contribution in [3.05, 3.63) is 35.4 Å². The van der Waals surface area contributed by atoms with Gasteiger partial charge in [-0.05, 0) is 36.9 Å². The van der Waals surface area contributed by atoms with Gasteiger partial charge >= 0.3 is 0 Å². The van der Waals surface area contributed by atoms with Crippen LogP contribution in [0.1, 0.15) is 36.4 Å². The molecule has 82 valence electrons. The second-order valence-corrected chi connectivity index (χ2v) is 4.40. The van der Waals surface area contributed by atoms with E-state index in [1.807, 2.05) is 0 Å². The van der Waals surface area contributed by atoms with Gasteiger partial charge in [-0.3, -0.25) is 0 Å². The van der Waals surface area contributed by atoms with Crippen LogP contribution in [0.2, 0.25) is 0 Å². The van der Waals surface area contributed by atoms with Crippen LogP contribution in [0.4, 0.5) is 0 Å². The van der Waals surface area contributed by atoms with Crippen LogP contribution in [0.25, 0.3) is 0 Å². The maximum Gasteiger partial charge on any atom is 0.0346 e. The molecule has 0 heterocycles. The molecule has 0 amide bonds. The minimum absolute atomic E-state index is 0.533. The second kappa shape index (κ2) is 4.77. The van der Waals surface area contributed by atoms with Gasteiger partial charge in [-0.15, -0.1) is 0 Å². The summed E-state index contributed by atoms with van der Waals surface area (Å²) in [7, 11) is 2.06. The van der Waals surface area contributed by atoms with E-state index >= 15 is 0 Å². The van der Waals surface area contributed by atoms with Crippen molar-refractivity contribution in [1.29, 1.82) is 0 Å². The Morgan fingerprint density at radius 2 is 2.00 bits per heavy atom. The smallest absolute Gasteiger partial charge is 0.0346 e. The lowest BCUT2D eigenvalue weighted by Gasteiger charge is -2.34. The average molecular weight is 204 g/mol. The van der Waals surface area contributed by atoms with Gasteiger partial charge < -0.3 is 11.1 Å². The van der Waals surface area contributed by atoms with Gasteiger partial charge in [-0.2, -0.15) is 0 Å². The Balaban J connectivity index is 2.11. The second-order valence-electron chi connectivity index (χ2n) is 4.40. The van der Waals surface area contributed by atoms with E-state index in [1.54, 1.807) is 0 Å². The molecule has 0 saturated heterocycles. The molecule has 1 aromatic rings. The van der Waals surface area contributed by atoms with Crippen LogP contribution >= 0.6 is 0 Å². The van der Waals surface area contributed by atoms with Crippen molar-refractivity contribution in [3.8, 4) is 0 Å². The lowest BCUT2D eigenvalue weighted by Crippen LogP contribution is -2.29. The third kappa shape index (κ3) is 2.21. The van der Waals surface area contributed by atoms with Gasteiger partial charge in [-0.1, -0.05) is 30.7 Å². The van der Waals surface area contributed by atoms with Crippen molar-refractivity contribution in [2.24, 2.45) is 11.7 Å². The van der Waals surface area contributed by atoms with Crippen LogP contribution in [-0.2, 0) is 6.54 Å². The summed E-state index contributed by atoms with van der Waals surface area (Å²) >= 11 is 0. The molecule has 1 atom stereocenters. The van der Waals surface area contributed by atoms with E-state index in [0.29, 0.717) is 12.6 Å².